The summed E-state index contributed by atoms with van der Waals surface area (Å²) >= 11 is 0. The van der Waals surface area contributed by atoms with Gasteiger partial charge in [-0.1, -0.05) is 12.5 Å². The first kappa shape index (κ1) is 23.7. The number of ether oxygens (including phenoxy) is 1. The number of piperazine rings is 1. The summed E-state index contributed by atoms with van der Waals surface area (Å²) in [5.74, 6) is 2.64. The standard InChI is InChI=1S/C27H33FN8O/c1-34-10-12-35(13-11-34)21-7-3-6-20(16-21)30-27-29-17-22(28)25(33-27)31-24-9-8-23-26(32-24)36(14-15-37-23)18-19-4-2-5-19/h3,6-9,16-17,19H,2,4-5,10-15,18H2,1H3,(H2,29,30,31,32,33). The van der Waals surface area contributed by atoms with Crippen LogP contribution in [0.4, 0.5) is 39.2 Å². The van der Waals surface area contributed by atoms with Crippen molar-refractivity contribution in [1.29, 1.82) is 0 Å². The zero-order chi connectivity index (χ0) is 25.2. The van der Waals surface area contributed by atoms with E-state index in [1.807, 2.05) is 18.2 Å². The van der Waals surface area contributed by atoms with Crippen molar-refractivity contribution in [2.45, 2.75) is 19.3 Å². The Kier molecular flexibility index (Phi) is 6.65. The van der Waals surface area contributed by atoms with Gasteiger partial charge < -0.3 is 30.1 Å². The van der Waals surface area contributed by atoms with Gasteiger partial charge in [0.2, 0.25) is 5.95 Å². The molecule has 1 saturated carbocycles. The lowest BCUT2D eigenvalue weighted by atomic mass is 9.85. The van der Waals surface area contributed by atoms with Crippen LogP contribution in [0, 0.1) is 11.7 Å². The minimum Gasteiger partial charge on any atom is -0.488 e. The fraction of sp³-hybridized carbons (Fsp3) is 0.444. The summed E-state index contributed by atoms with van der Waals surface area (Å²) in [5, 5.41) is 6.27. The Balaban J connectivity index is 1.17. The van der Waals surface area contributed by atoms with Crippen molar-refractivity contribution >= 4 is 34.8 Å². The summed E-state index contributed by atoms with van der Waals surface area (Å²) in [6.07, 6.45) is 5.02. The fourth-order valence-electron chi connectivity index (χ4n) is 4.99. The minimum absolute atomic E-state index is 0.0717. The summed E-state index contributed by atoms with van der Waals surface area (Å²) in [7, 11) is 2.14. The summed E-state index contributed by atoms with van der Waals surface area (Å²) in [6, 6.07) is 11.8. The van der Waals surface area contributed by atoms with Crippen molar-refractivity contribution < 1.29 is 9.13 Å². The summed E-state index contributed by atoms with van der Waals surface area (Å²) in [5.41, 5.74) is 2.00. The first-order valence-corrected chi connectivity index (χ1v) is 13.1. The molecule has 1 saturated heterocycles. The van der Waals surface area contributed by atoms with Gasteiger partial charge in [0.05, 0.1) is 12.7 Å². The zero-order valence-corrected chi connectivity index (χ0v) is 21.2. The van der Waals surface area contributed by atoms with Gasteiger partial charge in [-0.2, -0.15) is 4.98 Å². The number of rotatable bonds is 7. The second-order valence-electron chi connectivity index (χ2n) is 10.1. The molecule has 2 aliphatic heterocycles. The predicted molar refractivity (Wildman–Crippen MR) is 144 cm³/mol. The second-order valence-corrected chi connectivity index (χ2v) is 10.1. The van der Waals surface area contributed by atoms with E-state index in [-0.39, 0.29) is 5.82 Å². The van der Waals surface area contributed by atoms with Crippen LogP contribution < -0.4 is 25.2 Å². The Morgan fingerprint density at radius 1 is 1.03 bits per heavy atom. The molecule has 3 aliphatic rings. The van der Waals surface area contributed by atoms with Crippen LogP contribution in [-0.2, 0) is 0 Å². The molecule has 0 atom stereocenters. The van der Waals surface area contributed by atoms with E-state index in [0.717, 1.165) is 62.2 Å². The third kappa shape index (κ3) is 5.39. The lowest BCUT2D eigenvalue weighted by Crippen LogP contribution is -2.44. The molecular weight excluding hydrogens is 471 g/mol. The third-order valence-electron chi connectivity index (χ3n) is 7.42. The number of pyridine rings is 1. The molecule has 194 valence electrons. The van der Waals surface area contributed by atoms with Crippen molar-refractivity contribution in [3.63, 3.8) is 0 Å². The molecule has 2 aromatic heterocycles. The molecule has 0 unspecified atom stereocenters. The number of hydrogen-bond acceptors (Lipinski definition) is 9. The van der Waals surface area contributed by atoms with E-state index >= 15 is 0 Å². The molecule has 6 rings (SSSR count). The summed E-state index contributed by atoms with van der Waals surface area (Å²) in [6.45, 7) is 6.48. The molecular formula is C27H33FN8O. The number of anilines is 6. The fourth-order valence-corrected chi connectivity index (χ4v) is 4.99. The molecule has 2 N–H and O–H groups in total. The number of halogens is 1. The topological polar surface area (TPSA) is 81.7 Å². The van der Waals surface area contributed by atoms with Crippen LogP contribution in [0.1, 0.15) is 19.3 Å². The third-order valence-corrected chi connectivity index (χ3v) is 7.42. The predicted octanol–water partition coefficient (Wildman–Crippen LogP) is 4.25. The Hall–Kier alpha value is -3.66. The molecule has 10 heteroatoms. The van der Waals surface area contributed by atoms with E-state index in [2.05, 4.69) is 54.5 Å². The Bertz CT molecular complexity index is 1240. The van der Waals surface area contributed by atoms with Crippen LogP contribution in [-0.4, -0.2) is 72.8 Å². The van der Waals surface area contributed by atoms with E-state index in [0.29, 0.717) is 24.3 Å². The van der Waals surface area contributed by atoms with Gasteiger partial charge in [-0.05, 0) is 56.1 Å². The van der Waals surface area contributed by atoms with Gasteiger partial charge in [0.1, 0.15) is 12.4 Å². The molecule has 3 aromatic rings. The average molecular weight is 505 g/mol. The van der Waals surface area contributed by atoms with Gasteiger partial charge >= 0.3 is 0 Å². The number of fused-ring (bicyclic) bond motifs is 1. The molecule has 0 bridgehead atoms. The number of nitrogens with one attached hydrogen (secondary N) is 2. The minimum atomic E-state index is -0.543. The molecule has 0 radical (unpaired) electrons. The lowest BCUT2D eigenvalue weighted by Gasteiger charge is -2.36. The largest absolute Gasteiger partial charge is 0.488 e. The SMILES string of the molecule is CN1CCN(c2cccc(Nc3ncc(F)c(Nc4ccc5c(n4)N(CC4CCC4)CCO5)n3)c2)CC1. The number of hydrogen-bond donors (Lipinski definition) is 2. The maximum Gasteiger partial charge on any atom is 0.229 e. The van der Waals surface area contributed by atoms with Crippen LogP contribution in [0.15, 0.2) is 42.6 Å². The van der Waals surface area contributed by atoms with E-state index in [1.54, 1.807) is 6.07 Å². The number of benzene rings is 1. The van der Waals surface area contributed by atoms with Crippen molar-refractivity contribution in [3.8, 4) is 5.75 Å². The van der Waals surface area contributed by atoms with Gasteiger partial charge in [-0.25, -0.2) is 14.4 Å². The zero-order valence-electron chi connectivity index (χ0n) is 21.2. The van der Waals surface area contributed by atoms with Gasteiger partial charge in [0, 0.05) is 44.1 Å². The normalized spacial score (nSPS) is 18.1. The molecule has 9 nitrogen and oxygen atoms in total. The van der Waals surface area contributed by atoms with E-state index in [1.165, 1.54) is 25.5 Å². The average Bonchev–Trinajstić information content (AvgIpc) is 2.89. The Labute approximate surface area is 216 Å². The van der Waals surface area contributed by atoms with Crippen molar-refractivity contribution in [2.75, 3.05) is 73.4 Å². The lowest BCUT2D eigenvalue weighted by molar-refractivity contribution is 0.276. The van der Waals surface area contributed by atoms with Crippen molar-refractivity contribution in [2.24, 2.45) is 5.92 Å². The van der Waals surface area contributed by atoms with Crippen molar-refractivity contribution in [3.05, 3.63) is 48.4 Å². The van der Waals surface area contributed by atoms with Gasteiger partial charge in [-0.15, -0.1) is 0 Å². The highest BCUT2D eigenvalue weighted by Gasteiger charge is 2.26. The van der Waals surface area contributed by atoms with E-state index < -0.39 is 5.82 Å². The number of nitrogens with zero attached hydrogens (tertiary/aromatic N) is 6. The molecule has 1 aliphatic carbocycles. The van der Waals surface area contributed by atoms with Crippen LogP contribution in [0.3, 0.4) is 0 Å². The summed E-state index contributed by atoms with van der Waals surface area (Å²) in [4.78, 5) is 20.3. The molecule has 37 heavy (non-hydrogen) atoms. The first-order chi connectivity index (χ1) is 18.1. The molecule has 1 aromatic carbocycles. The van der Waals surface area contributed by atoms with Gasteiger partial charge in [0.25, 0.3) is 0 Å². The van der Waals surface area contributed by atoms with Gasteiger partial charge in [0.15, 0.2) is 23.2 Å². The highest BCUT2D eigenvalue weighted by Crippen LogP contribution is 2.35. The molecule has 4 heterocycles. The highest BCUT2D eigenvalue weighted by molar-refractivity contribution is 5.65. The van der Waals surface area contributed by atoms with E-state index in [4.69, 9.17) is 9.72 Å². The van der Waals surface area contributed by atoms with Crippen LogP contribution in [0.5, 0.6) is 5.75 Å². The highest BCUT2D eigenvalue weighted by atomic mass is 19.1. The maximum absolute atomic E-state index is 14.7. The molecule has 2 fully saturated rings. The van der Waals surface area contributed by atoms with Crippen molar-refractivity contribution in [1.82, 2.24) is 19.9 Å². The Morgan fingerprint density at radius 3 is 2.70 bits per heavy atom. The molecule has 0 spiro atoms. The first-order valence-electron chi connectivity index (χ1n) is 13.1. The number of aromatic nitrogens is 3. The summed E-state index contributed by atoms with van der Waals surface area (Å²) < 4.78 is 20.5. The van der Waals surface area contributed by atoms with Crippen LogP contribution in [0.2, 0.25) is 0 Å². The maximum atomic E-state index is 14.7. The molecule has 0 amide bonds. The Morgan fingerprint density at radius 2 is 1.89 bits per heavy atom. The quantitative estimate of drug-likeness (QED) is 0.491. The monoisotopic (exact) mass is 504 g/mol. The van der Waals surface area contributed by atoms with Crippen LogP contribution >= 0.6 is 0 Å². The van der Waals surface area contributed by atoms with Gasteiger partial charge in [-0.3, -0.25) is 0 Å². The van der Waals surface area contributed by atoms with Crippen LogP contribution in [0.25, 0.3) is 0 Å². The number of likely N-dealkylation sites (N-methyl/N-ethyl adjacent to an activating group) is 1. The van der Waals surface area contributed by atoms with E-state index in [9.17, 15) is 4.39 Å². The smallest absolute Gasteiger partial charge is 0.229 e. The second kappa shape index (κ2) is 10.4.